The molecule has 184 valence electrons. The molecule has 1 aromatic heterocycles. The number of likely N-dealkylation sites (tertiary alicyclic amines) is 1. The number of hydrogen-bond donors (Lipinski definition) is 2. The van der Waals surface area contributed by atoms with Gasteiger partial charge in [-0.1, -0.05) is 40.9 Å². The summed E-state index contributed by atoms with van der Waals surface area (Å²) in [6, 6.07) is 8.15. The number of H-pyrrole nitrogens is 1. The number of rotatable bonds is 6. The van der Waals surface area contributed by atoms with Gasteiger partial charge in [0.05, 0.1) is 22.6 Å². The molecule has 0 spiro atoms. The molecule has 0 saturated carbocycles. The van der Waals surface area contributed by atoms with Crippen LogP contribution in [-0.4, -0.2) is 45.2 Å². The SMILES string of the molecule is Cc1cc(C)cc(-c2c(OCCC3CCCCN3C(=O)O)c3cc([N+](=O)[O-])c(Cl)cc3[nH]c2=O)c1. The second kappa shape index (κ2) is 9.95. The van der Waals surface area contributed by atoms with E-state index in [0.717, 1.165) is 30.4 Å². The molecule has 35 heavy (non-hydrogen) atoms. The lowest BCUT2D eigenvalue weighted by Crippen LogP contribution is -2.43. The van der Waals surface area contributed by atoms with E-state index < -0.39 is 16.6 Å². The van der Waals surface area contributed by atoms with Gasteiger partial charge in [0.1, 0.15) is 10.8 Å². The molecule has 9 nitrogen and oxygen atoms in total. The summed E-state index contributed by atoms with van der Waals surface area (Å²) in [5, 5.41) is 21.3. The van der Waals surface area contributed by atoms with Gasteiger partial charge in [-0.15, -0.1) is 0 Å². The summed E-state index contributed by atoms with van der Waals surface area (Å²) < 4.78 is 6.17. The number of halogens is 1. The number of nitrogens with one attached hydrogen (secondary N) is 1. The number of nitrogens with zero attached hydrogens (tertiary/aromatic N) is 2. The first kappa shape index (κ1) is 24.5. The molecule has 0 aliphatic carbocycles. The van der Waals surface area contributed by atoms with Crippen molar-refractivity contribution in [2.75, 3.05) is 13.2 Å². The first-order valence-corrected chi connectivity index (χ1v) is 11.8. The van der Waals surface area contributed by atoms with E-state index in [4.69, 9.17) is 16.3 Å². The largest absolute Gasteiger partial charge is 0.492 e. The molecule has 2 aromatic carbocycles. The summed E-state index contributed by atoms with van der Waals surface area (Å²) in [6.45, 7) is 4.45. The van der Waals surface area contributed by atoms with Crippen LogP contribution in [0.25, 0.3) is 22.0 Å². The highest BCUT2D eigenvalue weighted by Crippen LogP contribution is 2.38. The average molecular weight is 500 g/mol. The van der Waals surface area contributed by atoms with Crippen molar-refractivity contribution in [3.05, 3.63) is 66.9 Å². The Morgan fingerprint density at radius 2 is 1.94 bits per heavy atom. The van der Waals surface area contributed by atoms with Crippen LogP contribution in [0.1, 0.15) is 36.8 Å². The summed E-state index contributed by atoms with van der Waals surface area (Å²) in [4.78, 5) is 40.0. The van der Waals surface area contributed by atoms with Crippen molar-refractivity contribution in [2.24, 2.45) is 0 Å². The van der Waals surface area contributed by atoms with Crippen molar-refractivity contribution < 1.29 is 19.6 Å². The summed E-state index contributed by atoms with van der Waals surface area (Å²) in [5.41, 5.74) is 2.40. The lowest BCUT2D eigenvalue weighted by Gasteiger charge is -2.33. The normalized spacial score (nSPS) is 15.9. The highest BCUT2D eigenvalue weighted by molar-refractivity contribution is 6.33. The molecule has 3 aromatic rings. The minimum atomic E-state index is -0.961. The fourth-order valence-corrected chi connectivity index (χ4v) is 5.03. The summed E-state index contributed by atoms with van der Waals surface area (Å²) in [6.07, 6.45) is 1.96. The standard InChI is InChI=1S/C25H26ClN3O6/c1-14-9-15(2)11-16(10-14)22-23(35-8-6-17-5-3-4-7-28(17)25(31)32)18-12-21(29(33)34)19(26)13-20(18)27-24(22)30/h9-13,17H,3-8H2,1-2H3,(H,27,30)(H,31,32). The minimum Gasteiger partial charge on any atom is -0.492 e. The van der Waals surface area contributed by atoms with Crippen molar-refractivity contribution >= 4 is 34.3 Å². The number of pyridine rings is 1. The molecule has 0 bridgehead atoms. The molecule has 1 aliphatic heterocycles. The van der Waals surface area contributed by atoms with E-state index in [9.17, 15) is 24.8 Å². The molecule has 1 unspecified atom stereocenters. The van der Waals surface area contributed by atoms with Gasteiger partial charge in [-0.25, -0.2) is 4.79 Å². The second-order valence-electron chi connectivity index (χ2n) is 8.90. The van der Waals surface area contributed by atoms with E-state index in [1.54, 1.807) is 0 Å². The molecule has 2 heterocycles. The topological polar surface area (TPSA) is 126 Å². The van der Waals surface area contributed by atoms with Gasteiger partial charge in [0.25, 0.3) is 11.2 Å². The predicted octanol–water partition coefficient (Wildman–Crippen LogP) is 5.67. The number of nitro benzene ring substituents is 1. The molecule has 0 radical (unpaired) electrons. The van der Waals surface area contributed by atoms with Crippen molar-refractivity contribution in [2.45, 2.75) is 45.6 Å². The Kier molecular flexibility index (Phi) is 6.98. The van der Waals surface area contributed by atoms with Gasteiger partial charge in [-0.3, -0.25) is 14.9 Å². The molecule has 1 fully saturated rings. The van der Waals surface area contributed by atoms with E-state index in [2.05, 4.69) is 4.98 Å². The molecule has 1 amide bonds. The number of benzene rings is 2. The van der Waals surface area contributed by atoms with Crippen molar-refractivity contribution in [1.29, 1.82) is 0 Å². The van der Waals surface area contributed by atoms with Gasteiger partial charge in [-0.05, 0) is 44.7 Å². The number of aryl methyl sites for hydroxylation is 2. The second-order valence-corrected chi connectivity index (χ2v) is 9.31. The van der Waals surface area contributed by atoms with Gasteiger partial charge in [-0.2, -0.15) is 0 Å². The highest BCUT2D eigenvalue weighted by atomic mass is 35.5. The smallest absolute Gasteiger partial charge is 0.407 e. The number of ether oxygens (including phenoxy) is 1. The number of piperidine rings is 1. The maximum absolute atomic E-state index is 13.2. The van der Waals surface area contributed by atoms with E-state index in [1.807, 2.05) is 32.0 Å². The molecule has 1 aliphatic rings. The maximum atomic E-state index is 13.2. The number of fused-ring (bicyclic) bond motifs is 1. The van der Waals surface area contributed by atoms with E-state index >= 15 is 0 Å². The average Bonchev–Trinajstić information content (AvgIpc) is 2.77. The Balaban J connectivity index is 1.81. The third kappa shape index (κ3) is 5.09. The molecule has 4 rings (SSSR count). The number of carbonyl (C=O) groups is 1. The molecule has 1 saturated heterocycles. The summed E-state index contributed by atoms with van der Waals surface area (Å²) in [7, 11) is 0. The van der Waals surface area contributed by atoms with Crippen molar-refractivity contribution in [1.82, 2.24) is 9.88 Å². The van der Waals surface area contributed by atoms with Crippen molar-refractivity contribution in [3.8, 4) is 16.9 Å². The fourth-order valence-electron chi connectivity index (χ4n) is 4.80. The number of carboxylic acid groups (broad SMARTS) is 1. The molecular formula is C25H26ClN3O6. The highest BCUT2D eigenvalue weighted by Gasteiger charge is 2.27. The molecular weight excluding hydrogens is 474 g/mol. The van der Waals surface area contributed by atoms with E-state index in [1.165, 1.54) is 17.0 Å². The summed E-state index contributed by atoms with van der Waals surface area (Å²) in [5.74, 6) is 0.214. The van der Waals surface area contributed by atoms with Gasteiger partial charge >= 0.3 is 6.09 Å². The Bertz CT molecular complexity index is 1350. The molecule has 10 heteroatoms. The van der Waals surface area contributed by atoms with E-state index in [-0.39, 0.29) is 34.7 Å². The van der Waals surface area contributed by atoms with Gasteiger partial charge in [0, 0.05) is 30.5 Å². The lowest BCUT2D eigenvalue weighted by molar-refractivity contribution is -0.384. The third-order valence-corrected chi connectivity index (χ3v) is 6.61. The zero-order valence-corrected chi connectivity index (χ0v) is 20.2. The van der Waals surface area contributed by atoms with Crippen LogP contribution in [0.2, 0.25) is 5.02 Å². The number of nitro groups is 1. The molecule has 2 N–H and O–H groups in total. The Hall–Kier alpha value is -3.59. The van der Waals surface area contributed by atoms with Crippen LogP contribution in [0.5, 0.6) is 5.75 Å². The number of hydrogen-bond acceptors (Lipinski definition) is 5. The van der Waals surface area contributed by atoms with Crippen LogP contribution in [0.3, 0.4) is 0 Å². The van der Waals surface area contributed by atoms with Gasteiger partial charge < -0.3 is 19.7 Å². The monoisotopic (exact) mass is 499 g/mol. The third-order valence-electron chi connectivity index (χ3n) is 6.31. The van der Waals surface area contributed by atoms with Crippen LogP contribution in [-0.2, 0) is 0 Å². The van der Waals surface area contributed by atoms with Crippen molar-refractivity contribution in [3.63, 3.8) is 0 Å². The lowest BCUT2D eigenvalue weighted by atomic mass is 9.98. The number of aromatic nitrogens is 1. The van der Waals surface area contributed by atoms with Gasteiger partial charge in [0.2, 0.25) is 0 Å². The number of amides is 1. The van der Waals surface area contributed by atoms with Crippen LogP contribution >= 0.6 is 11.6 Å². The van der Waals surface area contributed by atoms with Crippen LogP contribution in [0.4, 0.5) is 10.5 Å². The number of aromatic amines is 1. The fraction of sp³-hybridized carbons (Fsp3) is 0.360. The maximum Gasteiger partial charge on any atom is 0.407 e. The Morgan fingerprint density at radius 3 is 2.60 bits per heavy atom. The van der Waals surface area contributed by atoms with Gasteiger partial charge in [0.15, 0.2) is 0 Å². The zero-order chi connectivity index (χ0) is 25.3. The van der Waals surface area contributed by atoms with Crippen LogP contribution < -0.4 is 10.3 Å². The zero-order valence-electron chi connectivity index (χ0n) is 19.5. The Morgan fingerprint density at radius 1 is 1.23 bits per heavy atom. The molecule has 1 atom stereocenters. The minimum absolute atomic E-state index is 0.0949. The Labute approximate surface area is 206 Å². The van der Waals surface area contributed by atoms with Crippen LogP contribution in [0, 0.1) is 24.0 Å². The predicted molar refractivity (Wildman–Crippen MR) is 134 cm³/mol. The first-order chi connectivity index (χ1) is 16.7. The first-order valence-electron chi connectivity index (χ1n) is 11.4. The summed E-state index contributed by atoms with van der Waals surface area (Å²) >= 11 is 6.09. The quantitative estimate of drug-likeness (QED) is 0.332. The van der Waals surface area contributed by atoms with Crippen LogP contribution in [0.15, 0.2) is 35.1 Å². The van der Waals surface area contributed by atoms with E-state index in [0.29, 0.717) is 29.4 Å².